The first-order chi connectivity index (χ1) is 7.12. The lowest BCUT2D eigenvalue weighted by Gasteiger charge is -2.37. The van der Waals surface area contributed by atoms with Gasteiger partial charge >= 0.3 is 0 Å². The highest BCUT2D eigenvalue weighted by Crippen LogP contribution is 2.40. The van der Waals surface area contributed by atoms with Crippen molar-refractivity contribution in [1.82, 2.24) is 0 Å². The quantitative estimate of drug-likeness (QED) is 0.473. The van der Waals surface area contributed by atoms with Crippen molar-refractivity contribution in [1.29, 1.82) is 0 Å². The lowest BCUT2D eigenvalue weighted by Crippen LogP contribution is -2.33. The standard InChI is InChI=1S/C11H20O3S2/c1-8(2)10-7-9(14-16(4,12)13)5-6-11(10,3)15/h9,15H,5-7H2,1-4H3/t9?,11-/m0/s1. The molecule has 5 heteroatoms. The van der Waals surface area contributed by atoms with E-state index in [2.05, 4.69) is 19.6 Å². The fraction of sp³-hybridized carbons (Fsp3) is 0.818. The van der Waals surface area contributed by atoms with Crippen LogP contribution in [0.1, 0.15) is 40.0 Å². The minimum Gasteiger partial charge on any atom is -0.267 e. The van der Waals surface area contributed by atoms with Gasteiger partial charge in [-0.2, -0.15) is 21.0 Å². The smallest absolute Gasteiger partial charge is 0.264 e. The van der Waals surface area contributed by atoms with Crippen LogP contribution in [0.5, 0.6) is 0 Å². The van der Waals surface area contributed by atoms with E-state index in [0.717, 1.165) is 19.1 Å². The van der Waals surface area contributed by atoms with E-state index in [1.807, 2.05) is 13.8 Å². The van der Waals surface area contributed by atoms with Crippen LogP contribution >= 0.6 is 12.6 Å². The van der Waals surface area contributed by atoms with Gasteiger partial charge in [0.2, 0.25) is 0 Å². The first-order valence-corrected chi connectivity index (χ1v) is 7.65. The van der Waals surface area contributed by atoms with E-state index in [4.69, 9.17) is 4.18 Å². The van der Waals surface area contributed by atoms with Crippen LogP contribution in [0.25, 0.3) is 0 Å². The van der Waals surface area contributed by atoms with Gasteiger partial charge in [-0.3, -0.25) is 4.18 Å². The molecular weight excluding hydrogens is 244 g/mol. The SMILES string of the molecule is CC(C)=C1CC(OS(C)(=O)=O)CC[C@]1(C)S. The summed E-state index contributed by atoms with van der Waals surface area (Å²) in [6.07, 6.45) is 3.12. The van der Waals surface area contributed by atoms with Gasteiger partial charge in [0.25, 0.3) is 10.1 Å². The third-order valence-electron chi connectivity index (χ3n) is 2.95. The van der Waals surface area contributed by atoms with Crippen molar-refractivity contribution in [3.63, 3.8) is 0 Å². The number of allylic oxidation sites excluding steroid dienone is 1. The van der Waals surface area contributed by atoms with E-state index < -0.39 is 10.1 Å². The largest absolute Gasteiger partial charge is 0.267 e. The molecule has 0 amide bonds. The van der Waals surface area contributed by atoms with Gasteiger partial charge < -0.3 is 0 Å². The maximum Gasteiger partial charge on any atom is 0.264 e. The van der Waals surface area contributed by atoms with Crippen LogP contribution in [0.3, 0.4) is 0 Å². The van der Waals surface area contributed by atoms with Crippen molar-refractivity contribution in [2.24, 2.45) is 0 Å². The predicted molar refractivity (Wildman–Crippen MR) is 69.3 cm³/mol. The molecule has 1 fully saturated rings. The Morgan fingerprint density at radius 2 is 2.06 bits per heavy atom. The zero-order valence-electron chi connectivity index (χ0n) is 10.3. The van der Waals surface area contributed by atoms with E-state index in [0.29, 0.717) is 6.42 Å². The van der Waals surface area contributed by atoms with Crippen LogP contribution in [-0.4, -0.2) is 25.5 Å². The van der Waals surface area contributed by atoms with Gasteiger partial charge in [0.1, 0.15) is 0 Å². The van der Waals surface area contributed by atoms with Crippen molar-refractivity contribution in [2.75, 3.05) is 6.26 Å². The Morgan fingerprint density at radius 1 is 1.50 bits per heavy atom. The van der Waals surface area contributed by atoms with Gasteiger partial charge in [-0.15, -0.1) is 0 Å². The lowest BCUT2D eigenvalue weighted by atomic mass is 9.81. The lowest BCUT2D eigenvalue weighted by molar-refractivity contribution is 0.176. The van der Waals surface area contributed by atoms with Crippen LogP contribution in [-0.2, 0) is 14.3 Å². The molecule has 0 spiro atoms. The molecule has 0 aliphatic heterocycles. The predicted octanol–water partition coefficient (Wildman–Crippen LogP) is 2.54. The highest BCUT2D eigenvalue weighted by atomic mass is 32.2. The van der Waals surface area contributed by atoms with Gasteiger partial charge in [-0.1, -0.05) is 11.1 Å². The van der Waals surface area contributed by atoms with Crippen molar-refractivity contribution >= 4 is 22.7 Å². The minimum absolute atomic E-state index is 0.129. The number of hydrogen-bond acceptors (Lipinski definition) is 4. The number of rotatable bonds is 2. The van der Waals surface area contributed by atoms with Crippen LogP contribution < -0.4 is 0 Å². The summed E-state index contributed by atoms with van der Waals surface area (Å²) in [5.74, 6) is 0. The van der Waals surface area contributed by atoms with E-state index >= 15 is 0 Å². The Bertz CT molecular complexity index is 389. The summed E-state index contributed by atoms with van der Waals surface area (Å²) in [5, 5.41) is 0. The number of hydrogen-bond donors (Lipinski definition) is 1. The molecule has 0 aromatic heterocycles. The average molecular weight is 264 g/mol. The first kappa shape index (κ1) is 14.1. The van der Waals surface area contributed by atoms with Crippen LogP contribution in [0.2, 0.25) is 0 Å². The molecule has 2 atom stereocenters. The Hall–Kier alpha value is -0.0000000000000000555. The zero-order chi connectivity index (χ0) is 12.6. The molecule has 0 radical (unpaired) electrons. The number of thiol groups is 1. The van der Waals surface area contributed by atoms with Crippen LogP contribution in [0, 0.1) is 0 Å². The molecule has 0 saturated heterocycles. The molecule has 1 aliphatic carbocycles. The maximum absolute atomic E-state index is 11.1. The summed E-state index contributed by atoms with van der Waals surface area (Å²) in [6, 6.07) is 0. The molecule has 1 saturated carbocycles. The van der Waals surface area contributed by atoms with E-state index in [-0.39, 0.29) is 10.9 Å². The topological polar surface area (TPSA) is 43.4 Å². The van der Waals surface area contributed by atoms with Crippen LogP contribution in [0.15, 0.2) is 11.1 Å². The van der Waals surface area contributed by atoms with Gasteiger partial charge in [0.05, 0.1) is 12.4 Å². The highest BCUT2D eigenvalue weighted by molar-refractivity contribution is 7.86. The third-order valence-corrected chi connectivity index (χ3v) is 4.06. The van der Waals surface area contributed by atoms with E-state index in [9.17, 15) is 8.42 Å². The Labute approximate surface area is 104 Å². The van der Waals surface area contributed by atoms with Gasteiger partial charge in [-0.25, -0.2) is 0 Å². The molecule has 0 aromatic rings. The molecule has 0 aromatic carbocycles. The summed E-state index contributed by atoms with van der Waals surface area (Å²) < 4.78 is 27.1. The molecule has 0 bridgehead atoms. The van der Waals surface area contributed by atoms with Gasteiger partial charge in [0.15, 0.2) is 0 Å². The third kappa shape index (κ3) is 3.79. The molecule has 0 N–H and O–H groups in total. The van der Waals surface area contributed by atoms with Crippen molar-refractivity contribution < 1.29 is 12.6 Å². The fourth-order valence-corrected chi connectivity index (χ4v) is 3.32. The summed E-state index contributed by atoms with van der Waals surface area (Å²) in [6.45, 7) is 6.15. The summed E-state index contributed by atoms with van der Waals surface area (Å²) >= 11 is 4.64. The van der Waals surface area contributed by atoms with Gasteiger partial charge in [-0.05, 0) is 40.0 Å². The summed E-state index contributed by atoms with van der Waals surface area (Å²) in [5.41, 5.74) is 2.41. The second-order valence-corrected chi connectivity index (χ2v) is 7.51. The summed E-state index contributed by atoms with van der Waals surface area (Å²) in [7, 11) is -3.36. The Balaban J connectivity index is 2.83. The molecule has 1 rings (SSSR count). The monoisotopic (exact) mass is 264 g/mol. The fourth-order valence-electron chi connectivity index (χ4n) is 2.21. The minimum atomic E-state index is -3.36. The Morgan fingerprint density at radius 3 is 2.50 bits per heavy atom. The molecular formula is C11H20O3S2. The molecule has 94 valence electrons. The first-order valence-electron chi connectivity index (χ1n) is 5.39. The van der Waals surface area contributed by atoms with Crippen LogP contribution in [0.4, 0.5) is 0 Å². The summed E-state index contributed by atoms with van der Waals surface area (Å²) in [4.78, 5) is 0. The van der Waals surface area contributed by atoms with E-state index in [1.165, 1.54) is 11.1 Å². The Kier molecular flexibility index (Phi) is 4.13. The normalized spacial score (nSPS) is 31.6. The highest BCUT2D eigenvalue weighted by Gasteiger charge is 2.34. The zero-order valence-corrected chi connectivity index (χ0v) is 12.0. The average Bonchev–Trinajstić information content (AvgIpc) is 2.05. The molecule has 1 aliphatic rings. The molecule has 0 heterocycles. The molecule has 16 heavy (non-hydrogen) atoms. The second-order valence-electron chi connectivity index (χ2n) is 4.92. The second kappa shape index (κ2) is 4.70. The molecule has 3 nitrogen and oxygen atoms in total. The maximum atomic E-state index is 11.1. The van der Waals surface area contributed by atoms with Gasteiger partial charge in [0, 0.05) is 4.75 Å². The van der Waals surface area contributed by atoms with Crippen molar-refractivity contribution in [3.8, 4) is 0 Å². The molecule has 1 unspecified atom stereocenters. The van der Waals surface area contributed by atoms with Crippen molar-refractivity contribution in [3.05, 3.63) is 11.1 Å². The van der Waals surface area contributed by atoms with Crippen molar-refractivity contribution in [2.45, 2.75) is 50.9 Å². The van der Waals surface area contributed by atoms with E-state index in [1.54, 1.807) is 0 Å².